The number of benzene rings is 2. The highest BCUT2D eigenvalue weighted by molar-refractivity contribution is 5.99. The highest BCUT2D eigenvalue weighted by atomic mass is 16.8. The summed E-state index contributed by atoms with van der Waals surface area (Å²) < 4.78 is 2.01. The average molecular weight is 1030 g/mol. The zero-order chi connectivity index (χ0) is 55.1. The first-order chi connectivity index (χ1) is 34.7. The van der Waals surface area contributed by atoms with E-state index in [2.05, 4.69) is 27.8 Å². The number of aromatic hydroxyl groups is 1. The van der Waals surface area contributed by atoms with E-state index in [1.165, 1.54) is 32.0 Å². The molecule has 3 aromatic rings. The Morgan fingerprint density at radius 2 is 1.39 bits per heavy atom. The number of carbonyl (C=O) groups is 7. The van der Waals surface area contributed by atoms with Crippen molar-refractivity contribution >= 4 is 57.9 Å². The van der Waals surface area contributed by atoms with Gasteiger partial charge in [0.05, 0.1) is 5.54 Å². The molecule has 0 spiro atoms. The van der Waals surface area contributed by atoms with Crippen LogP contribution in [0.15, 0.2) is 73.5 Å². The normalized spacial score (nSPS) is 26.0. The number of piperidine rings is 1. The van der Waals surface area contributed by atoms with Crippen molar-refractivity contribution in [2.24, 2.45) is 17.8 Å². The van der Waals surface area contributed by atoms with Crippen molar-refractivity contribution in [2.75, 3.05) is 14.1 Å². The first-order valence-electron chi connectivity index (χ1n) is 25.4. The molecule has 2 aromatic carbocycles. The summed E-state index contributed by atoms with van der Waals surface area (Å²) in [5.74, 6) is -6.89. The fourth-order valence-electron chi connectivity index (χ4n) is 9.77. The molecule has 8 N–H and O–H groups in total. The average Bonchev–Trinajstić information content (AvgIpc) is 3.72. The zero-order valence-corrected chi connectivity index (χ0v) is 44.5. The number of aromatic nitrogens is 1. The first kappa shape index (κ1) is 58.3. The summed E-state index contributed by atoms with van der Waals surface area (Å²) in [6.07, 6.45) is 5.26. The Bertz CT molecular complexity index is 2590. The topological polar surface area (TPSA) is 270 Å². The van der Waals surface area contributed by atoms with E-state index < -0.39 is 118 Å². The molecule has 2 aliphatic heterocycles. The van der Waals surface area contributed by atoms with Crippen molar-refractivity contribution in [1.29, 1.82) is 0 Å². The van der Waals surface area contributed by atoms with Crippen molar-refractivity contribution in [3.8, 4) is 5.75 Å². The molecule has 2 fully saturated rings. The largest absolute Gasteiger partial charge is 0.595 e. The molecular formula is C54H77N9O11. The molecule has 20 heteroatoms. The number of aliphatic hydroxyl groups is 1. The summed E-state index contributed by atoms with van der Waals surface area (Å²) in [5.41, 5.74) is 0.674. The third-order valence-corrected chi connectivity index (χ3v) is 14.2. The monoisotopic (exact) mass is 1030 g/mol. The van der Waals surface area contributed by atoms with Crippen LogP contribution in [0, 0.1) is 23.0 Å². The second kappa shape index (κ2) is 24.6. The smallest absolute Gasteiger partial charge is 0.248 e. The highest BCUT2D eigenvalue weighted by Gasteiger charge is 2.48. The van der Waals surface area contributed by atoms with Gasteiger partial charge in [-0.25, -0.2) is 5.21 Å². The minimum absolute atomic E-state index is 0.00285. The third-order valence-electron chi connectivity index (χ3n) is 14.2. The summed E-state index contributed by atoms with van der Waals surface area (Å²) >= 11 is 0. The number of phenols is 1. The fraction of sp³-hybridized carbons (Fsp3) is 0.537. The van der Waals surface area contributed by atoms with Gasteiger partial charge in [-0.05, 0) is 88.5 Å². The van der Waals surface area contributed by atoms with Crippen LogP contribution in [0.4, 0.5) is 5.69 Å². The maximum atomic E-state index is 15.3. The molecule has 10 atom stereocenters. The molecule has 20 nitrogen and oxygen atoms in total. The predicted octanol–water partition coefficient (Wildman–Crippen LogP) is 2.70. The Hall–Kier alpha value is -6.61. The minimum Gasteiger partial charge on any atom is -0.595 e. The summed E-state index contributed by atoms with van der Waals surface area (Å²) in [6.45, 7) is 20.2. The van der Waals surface area contributed by atoms with Crippen LogP contribution in [0.3, 0.4) is 0 Å². The lowest BCUT2D eigenvalue weighted by molar-refractivity contribution is -0.991. The second-order valence-electron chi connectivity index (χ2n) is 21.3. The number of fused-ring (bicyclic) bond motifs is 3. The van der Waals surface area contributed by atoms with Crippen LogP contribution in [-0.2, 0) is 51.9 Å². The highest BCUT2D eigenvalue weighted by Crippen LogP contribution is 2.32. The zero-order valence-electron chi connectivity index (χ0n) is 44.5. The van der Waals surface area contributed by atoms with Gasteiger partial charge >= 0.3 is 0 Å². The number of amides is 7. The molecule has 10 unspecified atom stereocenters. The third kappa shape index (κ3) is 13.4. The summed E-state index contributed by atoms with van der Waals surface area (Å²) in [7, 11) is 2.80. The van der Waals surface area contributed by atoms with E-state index in [1.807, 2.05) is 76.6 Å². The Morgan fingerprint density at radius 1 is 0.797 bits per heavy atom. The first-order valence-corrected chi connectivity index (χ1v) is 25.4. The Labute approximate surface area is 433 Å². The van der Waals surface area contributed by atoms with Gasteiger partial charge < -0.3 is 56.0 Å². The SMILES string of the molecule is C=CC(C)(C)n1cc(CC2NC(=O)C(CC=CC)NC(=O)C(CC(C)C)N3C(=O)C(CC(C)C3O)N(C)C(=O)C(C)NC(=O)C(Cc3ccc(O)c([NH+]([O-])O)c3)NC(=O)C(CC(C)C)N(C)C2=O)c2ccccc21. The Kier molecular flexibility index (Phi) is 19.4. The van der Waals surface area contributed by atoms with E-state index in [1.54, 1.807) is 32.1 Å². The lowest BCUT2D eigenvalue weighted by atomic mass is 9.89. The van der Waals surface area contributed by atoms with Gasteiger partial charge in [0.15, 0.2) is 5.75 Å². The van der Waals surface area contributed by atoms with E-state index in [-0.39, 0.29) is 55.9 Å². The number of quaternary nitrogens is 1. The van der Waals surface area contributed by atoms with Gasteiger partial charge in [-0.15, -0.1) is 6.58 Å². The molecule has 2 saturated heterocycles. The van der Waals surface area contributed by atoms with E-state index in [4.69, 9.17) is 0 Å². The van der Waals surface area contributed by atoms with Crippen LogP contribution in [-0.4, -0.2) is 139 Å². The van der Waals surface area contributed by atoms with E-state index >= 15 is 4.79 Å². The fourth-order valence-corrected chi connectivity index (χ4v) is 9.77. The van der Waals surface area contributed by atoms with Gasteiger partial charge in [0.2, 0.25) is 47.0 Å². The van der Waals surface area contributed by atoms with Crippen molar-refractivity contribution < 1.29 is 54.2 Å². The Balaban J connectivity index is 1.71. The number of para-hydroxylation sites is 1. The predicted molar refractivity (Wildman–Crippen MR) is 278 cm³/mol. The lowest BCUT2D eigenvalue weighted by Gasteiger charge is -2.46. The van der Waals surface area contributed by atoms with Gasteiger partial charge in [0.1, 0.15) is 48.5 Å². The molecule has 0 radical (unpaired) electrons. The summed E-state index contributed by atoms with van der Waals surface area (Å²) in [6, 6.07) is 1.96. The van der Waals surface area contributed by atoms with Gasteiger partial charge in [-0.1, -0.05) is 77.1 Å². The van der Waals surface area contributed by atoms with Crippen molar-refractivity contribution in [1.82, 2.24) is 40.5 Å². The van der Waals surface area contributed by atoms with Gasteiger partial charge in [0.25, 0.3) is 0 Å². The molecule has 74 heavy (non-hydrogen) atoms. The lowest BCUT2D eigenvalue weighted by Crippen LogP contribution is -2.99. The number of rotatable bonds is 13. The van der Waals surface area contributed by atoms with Crippen LogP contribution in [0.2, 0.25) is 0 Å². The molecule has 2 aliphatic rings. The quantitative estimate of drug-likeness (QED) is 0.0701. The molecule has 5 rings (SSSR count). The minimum atomic E-state index is -1.50. The molecule has 2 bridgehead atoms. The van der Waals surface area contributed by atoms with Crippen LogP contribution in [0.1, 0.15) is 99.1 Å². The number of hydrogen-bond donors (Lipinski definition) is 8. The number of likely N-dealkylation sites (N-methyl/N-ethyl adjacent to an activating group) is 2. The molecule has 3 heterocycles. The number of hydrogen-bond acceptors (Lipinski definition) is 11. The summed E-state index contributed by atoms with van der Waals surface area (Å²) in [5, 5.41) is 54.5. The molecular weight excluding hydrogens is 951 g/mol. The van der Waals surface area contributed by atoms with Crippen molar-refractivity contribution in [3.05, 3.63) is 89.8 Å². The van der Waals surface area contributed by atoms with Crippen molar-refractivity contribution in [3.63, 3.8) is 0 Å². The standard InChI is InChI=1S/C54H77N9O11/c1-13-15-19-37-46(65)58-39(28-35-29-61(54(9,10)14-2)40-20-17-16-18-36(35)40)52(71)59(11)42(23-30(3)4)48(67)57-38(26-34-21-22-45(64)41(27-34)63(73)74)47(66)55-33(8)51(70)60(12)44-25-32(7)50(69)62(53(44)72)43(24-31(5)6)49(68)56-37/h13-18,20-22,27,29-33,37-39,42-44,50,63-64,69,73H,2,19,23-26,28H2,1,3-12H3,(H,55,66)(H,56,68)(H,57,67)(H,58,65). The van der Waals surface area contributed by atoms with Crippen molar-refractivity contribution in [2.45, 2.75) is 155 Å². The number of aliphatic hydroxyl groups excluding tert-OH is 1. The van der Waals surface area contributed by atoms with Crippen LogP contribution in [0.5, 0.6) is 5.75 Å². The summed E-state index contributed by atoms with van der Waals surface area (Å²) in [4.78, 5) is 107. The maximum Gasteiger partial charge on any atom is 0.248 e. The number of nitrogens with zero attached hydrogens (tertiary/aromatic N) is 4. The van der Waals surface area contributed by atoms with Crippen LogP contribution in [0.25, 0.3) is 10.9 Å². The van der Waals surface area contributed by atoms with E-state index in [0.29, 0.717) is 5.56 Å². The number of carbonyl (C=O) groups excluding carboxylic acids is 7. The number of nitrogens with one attached hydrogen (secondary N) is 5. The molecule has 0 aliphatic carbocycles. The van der Waals surface area contributed by atoms with Gasteiger partial charge in [0, 0.05) is 56.0 Å². The van der Waals surface area contributed by atoms with Crippen LogP contribution >= 0.6 is 0 Å². The maximum absolute atomic E-state index is 15.3. The van der Waals surface area contributed by atoms with Gasteiger partial charge in [-0.2, -0.15) is 5.23 Å². The second-order valence-corrected chi connectivity index (χ2v) is 21.3. The molecule has 404 valence electrons. The van der Waals surface area contributed by atoms with E-state index in [9.17, 15) is 49.4 Å². The van der Waals surface area contributed by atoms with Gasteiger partial charge in [-0.3, -0.25) is 33.6 Å². The Morgan fingerprint density at radius 3 is 2.01 bits per heavy atom. The molecule has 0 saturated carbocycles. The number of phenolic OH excluding ortho intramolecular Hbond substituents is 1. The number of allylic oxidation sites excluding steroid dienone is 2. The molecule has 1 aromatic heterocycles. The van der Waals surface area contributed by atoms with E-state index in [0.717, 1.165) is 32.8 Å². The van der Waals surface area contributed by atoms with Crippen LogP contribution < -0.4 is 26.5 Å². The molecule has 7 amide bonds.